The fourth-order valence-corrected chi connectivity index (χ4v) is 6.61. The van der Waals surface area contributed by atoms with E-state index in [1.165, 1.54) is 49.8 Å². The van der Waals surface area contributed by atoms with Crippen molar-refractivity contribution < 1.29 is 0 Å². The summed E-state index contributed by atoms with van der Waals surface area (Å²) in [7, 11) is 0. The molecule has 4 aliphatic carbocycles. The van der Waals surface area contributed by atoms with E-state index >= 15 is 0 Å². The van der Waals surface area contributed by atoms with Gasteiger partial charge in [0.05, 0.1) is 0 Å². The van der Waals surface area contributed by atoms with E-state index in [1.807, 2.05) is 0 Å². The minimum absolute atomic E-state index is 0.607. The lowest BCUT2D eigenvalue weighted by Crippen LogP contribution is -2.54. The first-order valence-electron chi connectivity index (χ1n) is 10.7. The average molecular weight is 341 g/mol. The van der Waals surface area contributed by atoms with Crippen molar-refractivity contribution in [2.75, 3.05) is 18.0 Å². The predicted octanol–water partition coefficient (Wildman–Crippen LogP) is 5.23. The molecule has 0 spiro atoms. The van der Waals surface area contributed by atoms with Crippen molar-refractivity contribution in [2.24, 2.45) is 23.2 Å². The van der Waals surface area contributed by atoms with Crippen molar-refractivity contribution in [1.29, 1.82) is 0 Å². The average Bonchev–Trinajstić information content (AvgIpc) is 2.60. The van der Waals surface area contributed by atoms with Gasteiger partial charge in [-0.05, 0) is 100 Å². The van der Waals surface area contributed by atoms with E-state index < -0.39 is 0 Å². The van der Waals surface area contributed by atoms with Crippen molar-refractivity contribution in [3.63, 3.8) is 0 Å². The number of hydrogen-bond acceptors (Lipinski definition) is 2. The van der Waals surface area contributed by atoms with E-state index in [1.54, 1.807) is 0 Å². The SMILES string of the molecule is CCN(CC)c1ccc(CNC(C)C23CC4CC(CC(C4)C2)C3)cc1. The van der Waals surface area contributed by atoms with Crippen LogP contribution in [0.4, 0.5) is 5.69 Å². The molecule has 4 aliphatic rings. The minimum atomic E-state index is 0.607. The number of nitrogens with one attached hydrogen (secondary N) is 1. The predicted molar refractivity (Wildman–Crippen MR) is 107 cm³/mol. The third kappa shape index (κ3) is 3.35. The molecule has 0 aromatic heterocycles. The molecular formula is C23H36N2. The largest absolute Gasteiger partial charge is 0.372 e. The van der Waals surface area contributed by atoms with Crippen LogP contribution < -0.4 is 10.2 Å². The molecule has 4 fully saturated rings. The summed E-state index contributed by atoms with van der Waals surface area (Å²) in [4.78, 5) is 2.41. The zero-order valence-corrected chi connectivity index (χ0v) is 16.4. The third-order valence-electron chi connectivity index (χ3n) is 7.68. The molecule has 5 rings (SSSR count). The van der Waals surface area contributed by atoms with E-state index in [9.17, 15) is 0 Å². The molecule has 4 saturated carbocycles. The maximum absolute atomic E-state index is 3.92. The second kappa shape index (κ2) is 6.95. The Morgan fingerprint density at radius 2 is 1.48 bits per heavy atom. The zero-order valence-electron chi connectivity index (χ0n) is 16.4. The fourth-order valence-electron chi connectivity index (χ4n) is 6.61. The van der Waals surface area contributed by atoms with E-state index in [2.05, 4.69) is 55.3 Å². The van der Waals surface area contributed by atoms with Crippen molar-refractivity contribution in [2.45, 2.75) is 71.9 Å². The second-order valence-corrected chi connectivity index (χ2v) is 9.22. The standard InChI is InChI=1S/C23H36N2/c1-4-25(5-2)22-8-6-18(7-9-22)16-24-17(3)23-13-19-10-20(14-23)12-21(11-19)15-23/h6-9,17,19-21,24H,4-5,10-16H2,1-3H3. The van der Waals surface area contributed by atoms with Crippen LogP contribution in [0.5, 0.6) is 0 Å². The van der Waals surface area contributed by atoms with Gasteiger partial charge in [0.25, 0.3) is 0 Å². The molecule has 0 heterocycles. The lowest BCUT2D eigenvalue weighted by molar-refractivity contribution is -0.0706. The van der Waals surface area contributed by atoms with Crippen LogP contribution in [0.25, 0.3) is 0 Å². The van der Waals surface area contributed by atoms with Crippen LogP contribution in [0.1, 0.15) is 64.9 Å². The molecule has 0 radical (unpaired) electrons. The summed E-state index contributed by atoms with van der Waals surface area (Å²) >= 11 is 0. The summed E-state index contributed by atoms with van der Waals surface area (Å²) < 4.78 is 0. The quantitative estimate of drug-likeness (QED) is 0.731. The topological polar surface area (TPSA) is 15.3 Å². The number of hydrogen-bond donors (Lipinski definition) is 1. The van der Waals surface area contributed by atoms with Crippen LogP contribution in [0.3, 0.4) is 0 Å². The maximum Gasteiger partial charge on any atom is 0.0366 e. The van der Waals surface area contributed by atoms with Gasteiger partial charge in [0.15, 0.2) is 0 Å². The van der Waals surface area contributed by atoms with Gasteiger partial charge < -0.3 is 10.2 Å². The Bertz CT molecular complexity index is 537. The van der Waals surface area contributed by atoms with Crippen LogP contribution in [0.2, 0.25) is 0 Å². The van der Waals surface area contributed by atoms with E-state index in [-0.39, 0.29) is 0 Å². The summed E-state index contributed by atoms with van der Waals surface area (Å²) in [5, 5.41) is 3.92. The Hall–Kier alpha value is -1.02. The first-order chi connectivity index (χ1) is 12.1. The Morgan fingerprint density at radius 3 is 1.96 bits per heavy atom. The molecule has 138 valence electrons. The molecule has 0 aliphatic heterocycles. The van der Waals surface area contributed by atoms with Gasteiger partial charge in [-0.15, -0.1) is 0 Å². The molecule has 0 amide bonds. The van der Waals surface area contributed by atoms with Crippen LogP contribution in [-0.2, 0) is 6.54 Å². The highest BCUT2D eigenvalue weighted by Gasteiger charge is 2.52. The molecule has 1 unspecified atom stereocenters. The van der Waals surface area contributed by atoms with Gasteiger partial charge in [-0.1, -0.05) is 12.1 Å². The number of benzene rings is 1. The lowest BCUT2D eigenvalue weighted by atomic mass is 9.48. The van der Waals surface area contributed by atoms with Crippen LogP contribution >= 0.6 is 0 Å². The van der Waals surface area contributed by atoms with Gasteiger partial charge in [0.2, 0.25) is 0 Å². The monoisotopic (exact) mass is 340 g/mol. The smallest absolute Gasteiger partial charge is 0.0366 e. The number of rotatable bonds is 7. The lowest BCUT2D eigenvalue weighted by Gasteiger charge is -2.59. The van der Waals surface area contributed by atoms with Crippen molar-refractivity contribution >= 4 is 5.69 Å². The highest BCUT2D eigenvalue weighted by atomic mass is 15.1. The first kappa shape index (κ1) is 17.4. The molecule has 1 atom stereocenters. The molecular weight excluding hydrogens is 304 g/mol. The fraction of sp³-hybridized carbons (Fsp3) is 0.739. The van der Waals surface area contributed by atoms with Crippen LogP contribution in [0.15, 0.2) is 24.3 Å². The molecule has 1 N–H and O–H groups in total. The molecule has 1 aromatic rings. The van der Waals surface area contributed by atoms with Crippen LogP contribution in [-0.4, -0.2) is 19.1 Å². The Labute approximate surface area is 154 Å². The molecule has 25 heavy (non-hydrogen) atoms. The maximum atomic E-state index is 3.92. The summed E-state index contributed by atoms with van der Waals surface area (Å²) in [6, 6.07) is 9.86. The van der Waals surface area contributed by atoms with Gasteiger partial charge in [-0.25, -0.2) is 0 Å². The van der Waals surface area contributed by atoms with Gasteiger partial charge in [0, 0.05) is 31.4 Å². The molecule has 1 aromatic carbocycles. The molecule has 4 bridgehead atoms. The molecule has 2 nitrogen and oxygen atoms in total. The Morgan fingerprint density at radius 1 is 0.960 bits per heavy atom. The highest BCUT2D eigenvalue weighted by molar-refractivity contribution is 5.47. The van der Waals surface area contributed by atoms with E-state index in [0.29, 0.717) is 11.5 Å². The number of anilines is 1. The Balaban J connectivity index is 1.37. The van der Waals surface area contributed by atoms with Gasteiger partial charge >= 0.3 is 0 Å². The van der Waals surface area contributed by atoms with Crippen molar-refractivity contribution in [3.8, 4) is 0 Å². The zero-order chi connectivity index (χ0) is 17.4. The normalized spacial score (nSPS) is 34.3. The van der Waals surface area contributed by atoms with E-state index in [4.69, 9.17) is 0 Å². The Kier molecular flexibility index (Phi) is 4.83. The molecule has 0 saturated heterocycles. The van der Waals surface area contributed by atoms with Gasteiger partial charge in [-0.3, -0.25) is 0 Å². The van der Waals surface area contributed by atoms with Crippen molar-refractivity contribution in [1.82, 2.24) is 5.32 Å². The summed E-state index contributed by atoms with van der Waals surface area (Å²) in [5.74, 6) is 3.14. The highest BCUT2D eigenvalue weighted by Crippen LogP contribution is 2.61. The minimum Gasteiger partial charge on any atom is -0.372 e. The third-order valence-corrected chi connectivity index (χ3v) is 7.68. The molecule has 2 heteroatoms. The van der Waals surface area contributed by atoms with Crippen molar-refractivity contribution in [3.05, 3.63) is 29.8 Å². The van der Waals surface area contributed by atoms with E-state index in [0.717, 1.165) is 37.4 Å². The van der Waals surface area contributed by atoms with Gasteiger partial charge in [0.1, 0.15) is 0 Å². The first-order valence-corrected chi connectivity index (χ1v) is 10.7. The van der Waals surface area contributed by atoms with Crippen LogP contribution in [0, 0.1) is 23.2 Å². The second-order valence-electron chi connectivity index (χ2n) is 9.22. The summed E-state index contributed by atoms with van der Waals surface area (Å²) in [6.07, 6.45) is 9.10. The van der Waals surface area contributed by atoms with Gasteiger partial charge in [-0.2, -0.15) is 0 Å². The summed E-state index contributed by atoms with van der Waals surface area (Å²) in [6.45, 7) is 10.1. The number of nitrogens with zero attached hydrogens (tertiary/aromatic N) is 1. The summed E-state index contributed by atoms with van der Waals surface area (Å²) in [5.41, 5.74) is 3.38.